The van der Waals surface area contributed by atoms with Gasteiger partial charge in [0.2, 0.25) is 0 Å². The number of hydrogen-bond acceptors (Lipinski definition) is 3. The lowest BCUT2D eigenvalue weighted by Crippen LogP contribution is -2.33. The van der Waals surface area contributed by atoms with Crippen LogP contribution in [-0.2, 0) is 6.42 Å². The molecule has 0 heterocycles. The molecule has 26 heavy (non-hydrogen) atoms. The first-order valence-electron chi connectivity index (χ1n) is 8.02. The van der Waals surface area contributed by atoms with Crippen molar-refractivity contribution < 1.29 is 14.3 Å². The summed E-state index contributed by atoms with van der Waals surface area (Å²) < 4.78 is 11.3. The highest BCUT2D eigenvalue weighted by Crippen LogP contribution is 2.36. The molecule has 0 aliphatic carbocycles. The standard InChI is InChI=1S/C19H20BrCl2NO3/c1-11(4-5-12-6-8-14(21)15(22)10-12)23-19(24)17-13(20)7-9-16(25-2)18(17)26-3/h6-11H,4-5H2,1-3H3,(H,23,24). The van der Waals surface area contributed by atoms with E-state index in [0.29, 0.717) is 31.6 Å². The third-order valence-electron chi connectivity index (χ3n) is 3.95. The highest BCUT2D eigenvalue weighted by molar-refractivity contribution is 9.10. The van der Waals surface area contributed by atoms with Gasteiger partial charge in [0.1, 0.15) is 0 Å². The van der Waals surface area contributed by atoms with Gasteiger partial charge in [0.15, 0.2) is 11.5 Å². The molecule has 0 spiro atoms. The monoisotopic (exact) mass is 459 g/mol. The van der Waals surface area contributed by atoms with Crippen LogP contribution in [0.1, 0.15) is 29.3 Å². The molecule has 2 aromatic carbocycles. The van der Waals surface area contributed by atoms with E-state index in [2.05, 4.69) is 21.2 Å². The Hall–Kier alpha value is -1.43. The Bertz CT molecular complexity index is 799. The van der Waals surface area contributed by atoms with E-state index in [1.54, 1.807) is 18.2 Å². The Balaban J connectivity index is 2.06. The fourth-order valence-electron chi connectivity index (χ4n) is 2.56. The molecule has 7 heteroatoms. The molecule has 0 aliphatic rings. The average molecular weight is 461 g/mol. The molecule has 1 N–H and O–H groups in total. The van der Waals surface area contributed by atoms with E-state index in [4.69, 9.17) is 32.7 Å². The molecule has 0 bridgehead atoms. The van der Waals surface area contributed by atoms with Crippen molar-refractivity contribution in [2.45, 2.75) is 25.8 Å². The van der Waals surface area contributed by atoms with Crippen molar-refractivity contribution in [3.05, 3.63) is 56.0 Å². The second-order valence-electron chi connectivity index (χ2n) is 5.82. The number of rotatable bonds is 7. The molecule has 0 aromatic heterocycles. The lowest BCUT2D eigenvalue weighted by molar-refractivity contribution is 0.0934. The summed E-state index contributed by atoms with van der Waals surface area (Å²) in [7, 11) is 3.04. The number of benzene rings is 2. The number of ether oxygens (including phenoxy) is 2. The quantitative estimate of drug-likeness (QED) is 0.591. The van der Waals surface area contributed by atoms with Gasteiger partial charge in [-0.15, -0.1) is 0 Å². The number of aryl methyl sites for hydroxylation is 1. The number of hydrogen-bond donors (Lipinski definition) is 1. The topological polar surface area (TPSA) is 47.6 Å². The summed E-state index contributed by atoms with van der Waals surface area (Å²) in [5, 5.41) is 4.06. The molecule has 0 saturated carbocycles. The first-order valence-corrected chi connectivity index (χ1v) is 9.57. The third-order valence-corrected chi connectivity index (χ3v) is 5.35. The van der Waals surface area contributed by atoms with E-state index in [1.807, 2.05) is 19.1 Å². The van der Waals surface area contributed by atoms with Gasteiger partial charge < -0.3 is 14.8 Å². The van der Waals surface area contributed by atoms with Crippen LogP contribution in [0.4, 0.5) is 0 Å². The molecule has 2 aromatic rings. The maximum atomic E-state index is 12.7. The van der Waals surface area contributed by atoms with Crippen LogP contribution < -0.4 is 14.8 Å². The summed E-state index contributed by atoms with van der Waals surface area (Å²) >= 11 is 15.4. The van der Waals surface area contributed by atoms with Gasteiger partial charge in [-0.2, -0.15) is 0 Å². The van der Waals surface area contributed by atoms with E-state index in [0.717, 1.165) is 18.4 Å². The number of methoxy groups -OCH3 is 2. The van der Waals surface area contributed by atoms with Gasteiger partial charge in [0.25, 0.3) is 5.91 Å². The maximum absolute atomic E-state index is 12.7. The van der Waals surface area contributed by atoms with Crippen LogP contribution >= 0.6 is 39.1 Å². The van der Waals surface area contributed by atoms with Crippen molar-refractivity contribution in [3.8, 4) is 11.5 Å². The van der Waals surface area contributed by atoms with Crippen LogP contribution in [0.5, 0.6) is 11.5 Å². The molecule has 0 fully saturated rings. The third kappa shape index (κ3) is 5.06. The second-order valence-corrected chi connectivity index (χ2v) is 7.49. The minimum absolute atomic E-state index is 0.0419. The summed E-state index contributed by atoms with van der Waals surface area (Å²) in [6.07, 6.45) is 1.53. The highest BCUT2D eigenvalue weighted by Gasteiger charge is 2.21. The van der Waals surface area contributed by atoms with Crippen LogP contribution in [0.3, 0.4) is 0 Å². The SMILES string of the molecule is COc1ccc(Br)c(C(=O)NC(C)CCc2ccc(Cl)c(Cl)c2)c1OC. The van der Waals surface area contributed by atoms with E-state index >= 15 is 0 Å². The number of nitrogens with one attached hydrogen (secondary N) is 1. The molecule has 4 nitrogen and oxygen atoms in total. The van der Waals surface area contributed by atoms with Gasteiger partial charge in [-0.1, -0.05) is 29.3 Å². The van der Waals surface area contributed by atoms with Gasteiger partial charge in [0.05, 0.1) is 29.8 Å². The van der Waals surface area contributed by atoms with Crippen molar-refractivity contribution in [1.82, 2.24) is 5.32 Å². The summed E-state index contributed by atoms with van der Waals surface area (Å²) in [6.45, 7) is 1.95. The largest absolute Gasteiger partial charge is 0.493 e. The van der Waals surface area contributed by atoms with Gasteiger partial charge in [-0.05, 0) is 65.5 Å². The molecule has 1 unspecified atom stereocenters. The average Bonchev–Trinajstić information content (AvgIpc) is 2.62. The van der Waals surface area contributed by atoms with E-state index in [-0.39, 0.29) is 11.9 Å². The molecule has 0 aliphatic heterocycles. The van der Waals surface area contributed by atoms with Gasteiger partial charge in [0, 0.05) is 10.5 Å². The molecule has 0 radical (unpaired) electrons. The fraction of sp³-hybridized carbons (Fsp3) is 0.316. The van der Waals surface area contributed by atoms with Crippen molar-refractivity contribution in [3.63, 3.8) is 0 Å². The highest BCUT2D eigenvalue weighted by atomic mass is 79.9. The van der Waals surface area contributed by atoms with Crippen LogP contribution in [0.15, 0.2) is 34.8 Å². The molecule has 0 saturated heterocycles. The zero-order chi connectivity index (χ0) is 19.3. The molecule has 1 atom stereocenters. The smallest absolute Gasteiger partial charge is 0.256 e. The van der Waals surface area contributed by atoms with Crippen molar-refractivity contribution in [2.75, 3.05) is 14.2 Å². The minimum Gasteiger partial charge on any atom is -0.493 e. The molecular formula is C19H20BrCl2NO3. The van der Waals surface area contributed by atoms with Crippen molar-refractivity contribution >= 4 is 45.0 Å². The van der Waals surface area contributed by atoms with Crippen molar-refractivity contribution in [2.24, 2.45) is 0 Å². The summed E-state index contributed by atoms with van der Waals surface area (Å²) in [6, 6.07) is 9.02. The molecular weight excluding hydrogens is 441 g/mol. The first-order chi connectivity index (χ1) is 12.4. The predicted molar refractivity (Wildman–Crippen MR) is 109 cm³/mol. The Morgan fingerprint density at radius 3 is 2.50 bits per heavy atom. The molecule has 140 valence electrons. The van der Waals surface area contributed by atoms with Crippen LogP contribution in [0.2, 0.25) is 10.0 Å². The lowest BCUT2D eigenvalue weighted by Gasteiger charge is -2.18. The van der Waals surface area contributed by atoms with E-state index in [9.17, 15) is 4.79 Å². The Kier molecular flexibility index (Phi) is 7.62. The zero-order valence-corrected chi connectivity index (χ0v) is 17.8. The second kappa shape index (κ2) is 9.49. The Morgan fingerprint density at radius 2 is 1.88 bits per heavy atom. The number of carbonyl (C=O) groups excluding carboxylic acids is 1. The summed E-state index contributed by atoms with van der Waals surface area (Å²) in [4.78, 5) is 12.7. The summed E-state index contributed by atoms with van der Waals surface area (Å²) in [5.41, 5.74) is 1.48. The van der Waals surface area contributed by atoms with Gasteiger partial charge >= 0.3 is 0 Å². The predicted octanol–water partition coefficient (Wildman–Crippen LogP) is 5.52. The minimum atomic E-state index is -0.228. The van der Waals surface area contributed by atoms with Crippen LogP contribution in [-0.4, -0.2) is 26.2 Å². The number of carbonyl (C=O) groups is 1. The fourth-order valence-corrected chi connectivity index (χ4v) is 3.37. The maximum Gasteiger partial charge on any atom is 0.256 e. The number of halogens is 3. The van der Waals surface area contributed by atoms with Gasteiger partial charge in [-0.25, -0.2) is 0 Å². The van der Waals surface area contributed by atoms with Crippen molar-refractivity contribution in [1.29, 1.82) is 0 Å². The van der Waals surface area contributed by atoms with Crippen LogP contribution in [0.25, 0.3) is 0 Å². The Labute approximate surface area is 171 Å². The zero-order valence-electron chi connectivity index (χ0n) is 14.7. The molecule has 1 amide bonds. The summed E-state index contributed by atoms with van der Waals surface area (Å²) in [5.74, 6) is 0.676. The lowest BCUT2D eigenvalue weighted by atomic mass is 10.1. The van der Waals surface area contributed by atoms with E-state index in [1.165, 1.54) is 14.2 Å². The molecule has 2 rings (SSSR count). The van der Waals surface area contributed by atoms with Crippen LogP contribution in [0, 0.1) is 0 Å². The number of amides is 1. The van der Waals surface area contributed by atoms with Gasteiger partial charge in [-0.3, -0.25) is 4.79 Å². The van der Waals surface area contributed by atoms with E-state index < -0.39 is 0 Å². The normalized spacial score (nSPS) is 11.8. The Morgan fingerprint density at radius 1 is 1.15 bits per heavy atom. The first kappa shape index (κ1) is 20.9.